The molecule has 120 valence electrons. The van der Waals surface area contributed by atoms with Crippen molar-refractivity contribution in [1.82, 2.24) is 14.3 Å². The van der Waals surface area contributed by atoms with Crippen molar-refractivity contribution in [2.45, 2.75) is 11.4 Å². The Labute approximate surface area is 132 Å². The van der Waals surface area contributed by atoms with Gasteiger partial charge in [0.2, 0.25) is 5.03 Å². The third-order valence-electron chi connectivity index (χ3n) is 2.80. The molecule has 0 aliphatic rings. The number of nitrogens with one attached hydrogen (secondary N) is 1. The van der Waals surface area contributed by atoms with Crippen LogP contribution in [0.25, 0.3) is 0 Å². The van der Waals surface area contributed by atoms with Crippen molar-refractivity contribution < 1.29 is 17.5 Å². The van der Waals surface area contributed by atoms with Crippen LogP contribution < -0.4 is 9.46 Å². The second kappa shape index (κ2) is 7.08. The van der Waals surface area contributed by atoms with Crippen LogP contribution >= 0.6 is 11.6 Å². The summed E-state index contributed by atoms with van der Waals surface area (Å²) in [7, 11) is -2.17. The molecule has 0 spiro atoms. The van der Waals surface area contributed by atoms with E-state index in [0.717, 1.165) is 0 Å². The number of hydrogen-bond donors (Lipinski definition) is 1. The number of aromatic nitrogens is 2. The Bertz CT molecular complexity index is 749. The second-order valence-electron chi connectivity index (χ2n) is 4.48. The average Bonchev–Trinajstić information content (AvgIpc) is 2.81. The first-order chi connectivity index (χ1) is 10.4. The van der Waals surface area contributed by atoms with Crippen molar-refractivity contribution in [3.05, 3.63) is 41.6 Å². The fourth-order valence-electron chi connectivity index (χ4n) is 1.67. The summed E-state index contributed by atoms with van der Waals surface area (Å²) in [5, 5.41) is -0.179. The van der Waals surface area contributed by atoms with Crippen LogP contribution in [0.15, 0.2) is 35.6 Å². The highest BCUT2D eigenvalue weighted by Gasteiger charge is 2.21. The molecule has 1 heterocycles. The monoisotopic (exact) mass is 347 g/mol. The van der Waals surface area contributed by atoms with E-state index in [9.17, 15) is 12.8 Å². The molecular weight excluding hydrogens is 333 g/mol. The normalized spacial score (nSPS) is 11.6. The Morgan fingerprint density at radius 2 is 2.14 bits per heavy atom. The number of aryl methyl sites for hydroxylation is 1. The first-order valence-electron chi connectivity index (χ1n) is 6.45. The lowest BCUT2D eigenvalue weighted by Crippen LogP contribution is -2.26. The van der Waals surface area contributed by atoms with E-state index >= 15 is 0 Å². The van der Waals surface area contributed by atoms with E-state index in [4.69, 9.17) is 16.3 Å². The topological polar surface area (TPSA) is 73.2 Å². The quantitative estimate of drug-likeness (QED) is 0.777. The molecule has 2 aromatic rings. The molecule has 6 nitrogen and oxygen atoms in total. The summed E-state index contributed by atoms with van der Waals surface area (Å²) < 4.78 is 46.3. The molecule has 0 amide bonds. The maximum Gasteiger partial charge on any atom is 0.261 e. The molecular formula is C13H15ClFN3O3S. The van der Waals surface area contributed by atoms with E-state index in [1.165, 1.54) is 23.0 Å². The lowest BCUT2D eigenvalue weighted by atomic mass is 10.3. The number of benzene rings is 1. The van der Waals surface area contributed by atoms with Gasteiger partial charge in [0.1, 0.15) is 5.15 Å². The van der Waals surface area contributed by atoms with Gasteiger partial charge in [-0.1, -0.05) is 23.7 Å². The Hall–Kier alpha value is -1.64. The van der Waals surface area contributed by atoms with E-state index in [2.05, 4.69) is 9.71 Å². The first-order valence-corrected chi connectivity index (χ1v) is 8.32. The predicted molar refractivity (Wildman–Crippen MR) is 79.9 cm³/mol. The Kier molecular flexibility index (Phi) is 5.38. The number of imidazole rings is 1. The van der Waals surface area contributed by atoms with Crippen LogP contribution in [0.4, 0.5) is 4.39 Å². The van der Waals surface area contributed by atoms with Crippen LogP contribution in [-0.4, -0.2) is 31.1 Å². The van der Waals surface area contributed by atoms with Crippen LogP contribution in [0, 0.1) is 5.82 Å². The molecule has 0 unspecified atom stereocenters. The molecule has 22 heavy (non-hydrogen) atoms. The third-order valence-corrected chi connectivity index (χ3v) is 4.75. The molecule has 0 bridgehead atoms. The van der Waals surface area contributed by atoms with Crippen LogP contribution in [-0.2, 0) is 17.1 Å². The van der Waals surface area contributed by atoms with E-state index in [1.807, 2.05) is 0 Å². The second-order valence-corrected chi connectivity index (χ2v) is 6.52. The molecule has 0 aliphatic heterocycles. The number of para-hydroxylation sites is 1. The lowest BCUT2D eigenvalue weighted by molar-refractivity contribution is 0.296. The van der Waals surface area contributed by atoms with Gasteiger partial charge in [0.15, 0.2) is 11.6 Å². The van der Waals surface area contributed by atoms with Gasteiger partial charge in [-0.05, 0) is 18.6 Å². The van der Waals surface area contributed by atoms with E-state index in [1.54, 1.807) is 19.2 Å². The van der Waals surface area contributed by atoms with Crippen molar-refractivity contribution in [2.24, 2.45) is 7.05 Å². The van der Waals surface area contributed by atoms with Gasteiger partial charge in [-0.25, -0.2) is 22.5 Å². The average molecular weight is 348 g/mol. The van der Waals surface area contributed by atoms with Gasteiger partial charge < -0.3 is 9.30 Å². The fourth-order valence-corrected chi connectivity index (χ4v) is 3.16. The van der Waals surface area contributed by atoms with Crippen molar-refractivity contribution in [3.8, 4) is 5.75 Å². The zero-order chi connectivity index (χ0) is 16.2. The Balaban J connectivity index is 1.81. The van der Waals surface area contributed by atoms with Gasteiger partial charge >= 0.3 is 0 Å². The minimum Gasteiger partial charge on any atom is -0.490 e. The van der Waals surface area contributed by atoms with E-state index in [-0.39, 0.29) is 29.1 Å². The summed E-state index contributed by atoms with van der Waals surface area (Å²) in [6.45, 7) is 0.309. The first kappa shape index (κ1) is 16.7. The molecule has 1 aromatic heterocycles. The summed E-state index contributed by atoms with van der Waals surface area (Å²) in [6, 6.07) is 6.02. The Morgan fingerprint density at radius 1 is 1.41 bits per heavy atom. The fraction of sp³-hybridized carbons (Fsp3) is 0.308. The standard InChI is InChI=1S/C13H15ClFN3O3S/c1-18-9-16-13(12(18)14)22(19,20)17-7-4-8-21-11-6-3-2-5-10(11)15/h2-3,5-6,9,17H,4,7-8H2,1H3. The summed E-state index contributed by atoms with van der Waals surface area (Å²) in [4.78, 5) is 3.74. The van der Waals surface area contributed by atoms with Gasteiger partial charge in [0.25, 0.3) is 10.0 Å². The zero-order valence-electron chi connectivity index (χ0n) is 11.8. The van der Waals surface area contributed by atoms with Crippen LogP contribution in [0.2, 0.25) is 5.15 Å². The molecule has 0 aliphatic carbocycles. The highest BCUT2D eigenvalue weighted by Crippen LogP contribution is 2.18. The Morgan fingerprint density at radius 3 is 2.77 bits per heavy atom. The number of rotatable bonds is 7. The highest BCUT2D eigenvalue weighted by molar-refractivity contribution is 7.89. The summed E-state index contributed by atoms with van der Waals surface area (Å²) in [5.41, 5.74) is 0. The predicted octanol–water partition coefficient (Wildman–Crippen LogP) is 1.96. The van der Waals surface area contributed by atoms with Gasteiger partial charge in [0, 0.05) is 13.6 Å². The van der Waals surface area contributed by atoms with Crippen LogP contribution in [0.5, 0.6) is 5.75 Å². The summed E-state index contributed by atoms with van der Waals surface area (Å²) in [6.07, 6.45) is 1.69. The number of nitrogens with zero attached hydrogens (tertiary/aromatic N) is 2. The maximum atomic E-state index is 13.3. The van der Waals surface area contributed by atoms with Crippen molar-refractivity contribution in [3.63, 3.8) is 0 Å². The zero-order valence-corrected chi connectivity index (χ0v) is 13.4. The molecule has 9 heteroatoms. The molecule has 0 saturated carbocycles. The smallest absolute Gasteiger partial charge is 0.261 e. The van der Waals surface area contributed by atoms with Crippen LogP contribution in [0.3, 0.4) is 0 Å². The summed E-state index contributed by atoms with van der Waals surface area (Å²) >= 11 is 5.85. The molecule has 1 aromatic carbocycles. The largest absolute Gasteiger partial charge is 0.490 e. The number of sulfonamides is 1. The van der Waals surface area contributed by atoms with Gasteiger partial charge in [-0.15, -0.1) is 0 Å². The van der Waals surface area contributed by atoms with Crippen molar-refractivity contribution in [2.75, 3.05) is 13.2 Å². The van der Waals surface area contributed by atoms with Crippen molar-refractivity contribution in [1.29, 1.82) is 0 Å². The molecule has 1 N–H and O–H groups in total. The minimum atomic E-state index is -3.77. The highest BCUT2D eigenvalue weighted by atomic mass is 35.5. The minimum absolute atomic E-state index is 0.0371. The molecule has 0 radical (unpaired) electrons. The third kappa shape index (κ3) is 3.96. The van der Waals surface area contributed by atoms with Gasteiger partial charge in [0.05, 0.1) is 12.9 Å². The SMILES string of the molecule is Cn1cnc(S(=O)(=O)NCCCOc2ccccc2F)c1Cl. The maximum absolute atomic E-state index is 13.3. The molecule has 0 fully saturated rings. The molecule has 0 atom stereocenters. The number of hydrogen-bond acceptors (Lipinski definition) is 4. The van der Waals surface area contributed by atoms with Crippen LogP contribution in [0.1, 0.15) is 6.42 Å². The van der Waals surface area contributed by atoms with Gasteiger partial charge in [-0.3, -0.25) is 0 Å². The number of halogens is 2. The number of ether oxygens (including phenoxy) is 1. The lowest BCUT2D eigenvalue weighted by Gasteiger charge is -2.08. The van der Waals surface area contributed by atoms with Gasteiger partial charge in [-0.2, -0.15) is 0 Å². The summed E-state index contributed by atoms with van der Waals surface area (Å²) in [5.74, 6) is -0.318. The molecule has 2 rings (SSSR count). The van der Waals surface area contributed by atoms with E-state index in [0.29, 0.717) is 6.42 Å². The van der Waals surface area contributed by atoms with Crippen molar-refractivity contribution >= 4 is 21.6 Å². The molecule has 0 saturated heterocycles. The van der Waals surface area contributed by atoms with E-state index < -0.39 is 15.8 Å².